The molecule has 0 atom stereocenters. The molecule has 2 aromatic carbocycles. The molecule has 0 aliphatic carbocycles. The molecule has 0 saturated heterocycles. The Morgan fingerprint density at radius 1 is 1.24 bits per heavy atom. The minimum Gasteiger partial charge on any atom is -0.309 e. The van der Waals surface area contributed by atoms with Crippen LogP contribution in [-0.2, 0) is 0 Å². The van der Waals surface area contributed by atoms with Crippen molar-refractivity contribution in [2.45, 2.75) is 6.92 Å². The first kappa shape index (κ1) is 15.2. The molecule has 0 radical (unpaired) electrons. The van der Waals surface area contributed by atoms with Crippen LogP contribution >= 0.6 is 15.9 Å². The first-order valence-corrected chi connectivity index (χ1v) is 7.14. The van der Waals surface area contributed by atoms with Gasteiger partial charge in [-0.1, -0.05) is 18.2 Å². The van der Waals surface area contributed by atoms with E-state index >= 15 is 0 Å². The Morgan fingerprint density at radius 2 is 1.90 bits per heavy atom. The molecule has 0 bridgehead atoms. The molecule has 0 unspecified atom stereocenters. The third-order valence-corrected chi connectivity index (χ3v) is 3.69. The second-order valence-electron chi connectivity index (χ2n) is 4.31. The molecule has 0 fully saturated rings. The van der Waals surface area contributed by atoms with Crippen molar-refractivity contribution in [3.8, 4) is 0 Å². The smallest absolute Gasteiger partial charge is 0.284 e. The Kier molecular flexibility index (Phi) is 4.70. The van der Waals surface area contributed by atoms with Crippen LogP contribution in [0.4, 0.5) is 11.4 Å². The van der Waals surface area contributed by atoms with E-state index in [9.17, 15) is 14.9 Å². The molecular weight excluding hydrogens is 336 g/mol. The fourth-order valence-corrected chi connectivity index (χ4v) is 2.38. The molecule has 108 valence electrons. The van der Waals surface area contributed by atoms with Gasteiger partial charge in [0.25, 0.3) is 11.6 Å². The molecular formula is C15H13BrN2O3. The summed E-state index contributed by atoms with van der Waals surface area (Å²) < 4.78 is 0.354. The minimum absolute atomic E-state index is 0.120. The van der Waals surface area contributed by atoms with Crippen LogP contribution in [0.25, 0.3) is 0 Å². The van der Waals surface area contributed by atoms with Gasteiger partial charge in [-0.15, -0.1) is 0 Å². The van der Waals surface area contributed by atoms with E-state index in [1.807, 2.05) is 37.3 Å². The Balaban J connectivity index is 2.39. The molecule has 0 N–H and O–H groups in total. The number of hydrogen-bond acceptors (Lipinski definition) is 3. The normalized spacial score (nSPS) is 10.2. The summed E-state index contributed by atoms with van der Waals surface area (Å²) in [7, 11) is 0. The van der Waals surface area contributed by atoms with Crippen molar-refractivity contribution in [2.75, 3.05) is 11.4 Å². The lowest BCUT2D eigenvalue weighted by Gasteiger charge is -2.21. The molecule has 21 heavy (non-hydrogen) atoms. The number of nitro groups is 1. The molecule has 6 heteroatoms. The molecule has 2 aromatic rings. The molecule has 0 aromatic heterocycles. The summed E-state index contributed by atoms with van der Waals surface area (Å²) >= 11 is 3.11. The van der Waals surface area contributed by atoms with Crippen LogP contribution in [-0.4, -0.2) is 17.4 Å². The van der Waals surface area contributed by atoms with E-state index < -0.39 is 4.92 Å². The largest absolute Gasteiger partial charge is 0.309 e. The zero-order valence-corrected chi connectivity index (χ0v) is 12.9. The van der Waals surface area contributed by atoms with Gasteiger partial charge >= 0.3 is 0 Å². The third kappa shape index (κ3) is 3.28. The summed E-state index contributed by atoms with van der Waals surface area (Å²) in [6.07, 6.45) is 0. The zero-order chi connectivity index (χ0) is 15.4. The fraction of sp³-hybridized carbons (Fsp3) is 0.133. The van der Waals surface area contributed by atoms with Crippen LogP contribution in [0.5, 0.6) is 0 Å². The third-order valence-electron chi connectivity index (χ3n) is 3.02. The van der Waals surface area contributed by atoms with Crippen LogP contribution in [0.2, 0.25) is 0 Å². The molecule has 5 nitrogen and oxygen atoms in total. The second kappa shape index (κ2) is 6.49. The summed E-state index contributed by atoms with van der Waals surface area (Å²) in [5.74, 6) is -0.265. The van der Waals surface area contributed by atoms with Gasteiger partial charge in [0, 0.05) is 23.9 Å². The number of para-hydroxylation sites is 1. The molecule has 0 aliphatic rings. The van der Waals surface area contributed by atoms with Crippen molar-refractivity contribution < 1.29 is 9.72 Å². The van der Waals surface area contributed by atoms with E-state index in [4.69, 9.17) is 0 Å². The number of anilines is 1. The number of nitrogens with zero attached hydrogens (tertiary/aromatic N) is 2. The molecule has 1 amide bonds. The van der Waals surface area contributed by atoms with Crippen molar-refractivity contribution in [2.24, 2.45) is 0 Å². The van der Waals surface area contributed by atoms with Gasteiger partial charge in [0.15, 0.2) is 0 Å². The van der Waals surface area contributed by atoms with Crippen LogP contribution in [0.1, 0.15) is 17.3 Å². The van der Waals surface area contributed by atoms with Crippen LogP contribution in [0.3, 0.4) is 0 Å². The number of halogens is 1. The fourth-order valence-electron chi connectivity index (χ4n) is 1.99. The van der Waals surface area contributed by atoms with Crippen molar-refractivity contribution in [3.63, 3.8) is 0 Å². The lowest BCUT2D eigenvalue weighted by atomic mass is 10.1. The lowest BCUT2D eigenvalue weighted by molar-refractivity contribution is -0.385. The van der Waals surface area contributed by atoms with E-state index in [1.54, 1.807) is 11.0 Å². The molecule has 0 spiro atoms. The number of rotatable bonds is 4. The monoisotopic (exact) mass is 348 g/mol. The summed E-state index contributed by atoms with van der Waals surface area (Å²) in [5, 5.41) is 11.0. The van der Waals surface area contributed by atoms with Crippen LogP contribution in [0, 0.1) is 10.1 Å². The minimum atomic E-state index is -0.514. The van der Waals surface area contributed by atoms with Gasteiger partial charge in [-0.25, -0.2) is 0 Å². The molecule has 0 saturated carbocycles. The number of nitro benzene ring substituents is 1. The van der Waals surface area contributed by atoms with Crippen LogP contribution < -0.4 is 4.90 Å². The highest BCUT2D eigenvalue weighted by Crippen LogP contribution is 2.27. The Bertz CT molecular complexity index is 674. The first-order chi connectivity index (χ1) is 10.0. The highest BCUT2D eigenvalue weighted by atomic mass is 79.9. The van der Waals surface area contributed by atoms with E-state index in [1.165, 1.54) is 12.1 Å². The van der Waals surface area contributed by atoms with Crippen molar-refractivity contribution >= 4 is 33.2 Å². The van der Waals surface area contributed by atoms with E-state index in [-0.39, 0.29) is 17.2 Å². The van der Waals surface area contributed by atoms with Crippen LogP contribution in [0.15, 0.2) is 53.0 Å². The van der Waals surface area contributed by atoms with Crippen molar-refractivity contribution in [3.05, 3.63) is 68.7 Å². The van der Waals surface area contributed by atoms with Crippen molar-refractivity contribution in [1.82, 2.24) is 0 Å². The number of carbonyl (C=O) groups excluding carboxylic acids is 1. The standard InChI is InChI=1S/C15H13BrN2O3/c1-2-17(12-6-4-3-5-7-12)15(19)11-8-9-13(16)14(10-11)18(20)21/h3-10H,2H2,1H3. The molecule has 2 rings (SSSR count). The number of carbonyl (C=O) groups is 1. The van der Waals surface area contributed by atoms with Gasteiger partial charge in [-0.3, -0.25) is 14.9 Å². The quantitative estimate of drug-likeness (QED) is 0.619. The maximum atomic E-state index is 12.6. The van der Waals surface area contributed by atoms with Gasteiger partial charge in [-0.05, 0) is 47.1 Å². The van der Waals surface area contributed by atoms with Gasteiger partial charge < -0.3 is 4.90 Å². The molecule has 0 aliphatic heterocycles. The van der Waals surface area contributed by atoms with Gasteiger partial charge in [0.2, 0.25) is 0 Å². The number of amides is 1. The first-order valence-electron chi connectivity index (χ1n) is 6.35. The maximum Gasteiger partial charge on any atom is 0.284 e. The molecule has 0 heterocycles. The average molecular weight is 349 g/mol. The highest BCUT2D eigenvalue weighted by molar-refractivity contribution is 9.10. The Labute approximate surface area is 130 Å². The predicted octanol–water partition coefficient (Wildman–Crippen LogP) is 4.02. The van der Waals surface area contributed by atoms with E-state index in [0.717, 1.165) is 5.69 Å². The zero-order valence-electron chi connectivity index (χ0n) is 11.3. The summed E-state index contributed by atoms with van der Waals surface area (Å²) in [4.78, 5) is 24.6. The number of benzene rings is 2. The Hall–Kier alpha value is -2.21. The van der Waals surface area contributed by atoms with E-state index in [0.29, 0.717) is 11.0 Å². The summed E-state index contributed by atoms with van der Waals surface area (Å²) in [6, 6.07) is 13.6. The summed E-state index contributed by atoms with van der Waals surface area (Å²) in [6.45, 7) is 2.34. The highest BCUT2D eigenvalue weighted by Gasteiger charge is 2.20. The predicted molar refractivity (Wildman–Crippen MR) is 84.6 cm³/mol. The van der Waals surface area contributed by atoms with E-state index in [2.05, 4.69) is 15.9 Å². The Morgan fingerprint density at radius 3 is 2.48 bits per heavy atom. The maximum absolute atomic E-state index is 12.6. The van der Waals surface area contributed by atoms with Gasteiger partial charge in [0.05, 0.1) is 9.40 Å². The SMILES string of the molecule is CCN(C(=O)c1ccc(Br)c([N+](=O)[O-])c1)c1ccccc1. The lowest BCUT2D eigenvalue weighted by Crippen LogP contribution is -2.30. The average Bonchev–Trinajstić information content (AvgIpc) is 2.49. The van der Waals surface area contributed by atoms with Gasteiger partial charge in [-0.2, -0.15) is 0 Å². The summed E-state index contributed by atoms with van der Waals surface area (Å²) in [5.41, 5.74) is 0.927. The van der Waals surface area contributed by atoms with Crippen molar-refractivity contribution in [1.29, 1.82) is 0 Å². The second-order valence-corrected chi connectivity index (χ2v) is 5.16. The number of hydrogen-bond donors (Lipinski definition) is 0. The van der Waals surface area contributed by atoms with Gasteiger partial charge in [0.1, 0.15) is 0 Å². The topological polar surface area (TPSA) is 63.5 Å².